The van der Waals surface area contributed by atoms with Gasteiger partial charge in [-0.3, -0.25) is 0 Å². The quantitative estimate of drug-likeness (QED) is 0.460. The van der Waals surface area contributed by atoms with Crippen LogP contribution in [0.4, 0.5) is 0 Å². The summed E-state index contributed by atoms with van der Waals surface area (Å²) >= 11 is 6.11. The summed E-state index contributed by atoms with van der Waals surface area (Å²) in [6.07, 6.45) is 8.26. The van der Waals surface area contributed by atoms with Gasteiger partial charge in [-0.1, -0.05) is 43.6 Å². The van der Waals surface area contributed by atoms with Gasteiger partial charge in [-0.15, -0.1) is 0 Å². The van der Waals surface area contributed by atoms with Crippen molar-refractivity contribution in [2.75, 3.05) is 6.61 Å². The monoisotopic (exact) mass is 453 g/mol. The van der Waals surface area contributed by atoms with Crippen LogP contribution in [-0.2, 0) is 13.2 Å². The Morgan fingerprint density at radius 2 is 1.69 bits per heavy atom. The van der Waals surface area contributed by atoms with E-state index in [1.54, 1.807) is 0 Å². The molecule has 2 aromatic rings. The number of benzene rings is 2. The first-order valence-corrected chi connectivity index (χ1v) is 12.5. The van der Waals surface area contributed by atoms with Gasteiger partial charge in [-0.05, 0) is 97.6 Å². The first-order valence-electron chi connectivity index (χ1n) is 12.2. The van der Waals surface area contributed by atoms with Gasteiger partial charge in [0.2, 0.25) is 0 Å². The minimum absolute atomic E-state index is 0.302. The van der Waals surface area contributed by atoms with Crippen LogP contribution in [0.3, 0.4) is 0 Å². The van der Waals surface area contributed by atoms with Crippen LogP contribution in [0.5, 0.6) is 11.5 Å². The lowest BCUT2D eigenvalue weighted by molar-refractivity contribution is -0.118. The second-order valence-corrected chi connectivity index (χ2v) is 11.8. The second-order valence-electron chi connectivity index (χ2n) is 11.4. The molecule has 0 heterocycles. The van der Waals surface area contributed by atoms with Crippen LogP contribution in [0.15, 0.2) is 42.5 Å². The summed E-state index contributed by atoms with van der Waals surface area (Å²) in [4.78, 5) is 0. The molecule has 4 bridgehead atoms. The molecule has 4 aliphatic rings. The molecule has 1 N–H and O–H groups in total. The van der Waals surface area contributed by atoms with Crippen molar-refractivity contribution >= 4 is 11.6 Å². The van der Waals surface area contributed by atoms with E-state index in [4.69, 9.17) is 21.1 Å². The number of hydrogen-bond donors (Lipinski definition) is 1. The van der Waals surface area contributed by atoms with Crippen LogP contribution in [0.25, 0.3) is 0 Å². The second kappa shape index (κ2) is 8.25. The van der Waals surface area contributed by atoms with E-state index < -0.39 is 0 Å². The third-order valence-electron chi connectivity index (χ3n) is 7.89. The molecule has 32 heavy (non-hydrogen) atoms. The Kier molecular flexibility index (Phi) is 5.70. The fourth-order valence-corrected chi connectivity index (χ4v) is 7.99. The molecule has 4 aliphatic carbocycles. The van der Waals surface area contributed by atoms with E-state index in [9.17, 15) is 0 Å². The van der Waals surface area contributed by atoms with Crippen LogP contribution < -0.4 is 14.8 Å². The van der Waals surface area contributed by atoms with E-state index in [-0.39, 0.29) is 0 Å². The highest BCUT2D eigenvalue weighted by Gasteiger charge is 2.59. The predicted octanol–water partition coefficient (Wildman–Crippen LogP) is 7.16. The van der Waals surface area contributed by atoms with Crippen molar-refractivity contribution in [3.05, 3.63) is 58.6 Å². The topological polar surface area (TPSA) is 30.5 Å². The zero-order chi connectivity index (χ0) is 22.4. The Bertz CT molecular complexity index is 971. The highest BCUT2D eigenvalue weighted by molar-refractivity contribution is 6.30. The van der Waals surface area contributed by atoms with Crippen molar-refractivity contribution < 1.29 is 9.47 Å². The molecule has 2 aromatic carbocycles. The summed E-state index contributed by atoms with van der Waals surface area (Å²) in [6, 6.07) is 14.2. The maximum Gasteiger partial charge on any atom is 0.161 e. The van der Waals surface area contributed by atoms with Crippen molar-refractivity contribution in [1.82, 2.24) is 5.32 Å². The first-order chi connectivity index (χ1) is 15.3. The van der Waals surface area contributed by atoms with E-state index in [2.05, 4.69) is 37.4 Å². The molecule has 172 valence electrons. The zero-order valence-corrected chi connectivity index (χ0v) is 20.4. The molecule has 4 atom stereocenters. The molecule has 0 spiro atoms. The molecule has 0 saturated heterocycles. The van der Waals surface area contributed by atoms with Crippen molar-refractivity contribution in [1.29, 1.82) is 0 Å². The number of ether oxygens (including phenoxy) is 2. The fraction of sp³-hybridized carbons (Fsp3) is 0.571. The fourth-order valence-electron chi connectivity index (χ4n) is 7.77. The molecule has 0 aromatic heterocycles. The van der Waals surface area contributed by atoms with E-state index in [0.717, 1.165) is 34.5 Å². The minimum atomic E-state index is 0.302. The van der Waals surface area contributed by atoms with Gasteiger partial charge in [-0.25, -0.2) is 0 Å². The van der Waals surface area contributed by atoms with Crippen LogP contribution in [0.1, 0.15) is 70.4 Å². The number of rotatable bonds is 8. The highest BCUT2D eigenvalue weighted by atomic mass is 35.5. The normalized spacial score (nSPS) is 32.8. The molecule has 4 fully saturated rings. The molecule has 4 heteroatoms. The Morgan fingerprint density at radius 1 is 0.906 bits per heavy atom. The predicted molar refractivity (Wildman–Crippen MR) is 130 cm³/mol. The molecule has 0 amide bonds. The number of halogens is 1. The average Bonchev–Trinajstić information content (AvgIpc) is 2.69. The summed E-state index contributed by atoms with van der Waals surface area (Å²) in [6.45, 7) is 9.06. The molecular formula is C28H36ClNO2. The van der Waals surface area contributed by atoms with Crippen LogP contribution in [0.2, 0.25) is 5.02 Å². The largest absolute Gasteiger partial charge is 0.490 e. The van der Waals surface area contributed by atoms with Crippen molar-refractivity contribution in [3.8, 4) is 11.5 Å². The average molecular weight is 454 g/mol. The summed E-state index contributed by atoms with van der Waals surface area (Å²) < 4.78 is 12.0. The van der Waals surface area contributed by atoms with Gasteiger partial charge in [0.05, 0.1) is 6.61 Å². The molecule has 4 saturated carbocycles. The lowest BCUT2D eigenvalue weighted by atomic mass is 9.43. The van der Waals surface area contributed by atoms with E-state index in [1.165, 1.54) is 44.1 Å². The van der Waals surface area contributed by atoms with Crippen LogP contribution >= 0.6 is 11.6 Å². The zero-order valence-electron chi connectivity index (χ0n) is 19.7. The summed E-state index contributed by atoms with van der Waals surface area (Å²) in [7, 11) is 0. The standard InChI is InChI=1S/C28H36ClNO2/c1-4-31-25-11-20(8-9-24(25)32-16-21-6-5-7-23(29)10-21)15-30-28-14-22-12-26(2,18-28)17-27(3,13-22)19-28/h5-11,22,30H,4,12-19H2,1-3H3/t22?,26-,27+,28?. The first kappa shape index (κ1) is 22.1. The van der Waals surface area contributed by atoms with Crippen LogP contribution in [0, 0.1) is 16.7 Å². The maximum absolute atomic E-state index is 6.11. The van der Waals surface area contributed by atoms with Gasteiger partial charge in [0.15, 0.2) is 11.5 Å². The molecule has 0 aliphatic heterocycles. The summed E-state index contributed by atoms with van der Waals surface area (Å²) in [5.74, 6) is 2.50. The van der Waals surface area contributed by atoms with Gasteiger partial charge >= 0.3 is 0 Å². The minimum Gasteiger partial charge on any atom is -0.490 e. The van der Waals surface area contributed by atoms with Crippen molar-refractivity contribution in [2.24, 2.45) is 16.7 Å². The summed E-state index contributed by atoms with van der Waals surface area (Å²) in [5, 5.41) is 4.76. The molecule has 6 rings (SSSR count). The van der Waals surface area contributed by atoms with Gasteiger partial charge in [0, 0.05) is 17.1 Å². The molecule has 2 unspecified atom stereocenters. The van der Waals surface area contributed by atoms with Gasteiger partial charge in [-0.2, -0.15) is 0 Å². The Hall–Kier alpha value is -1.71. The third kappa shape index (κ3) is 4.52. The lowest BCUT2D eigenvalue weighted by Gasteiger charge is -2.65. The Labute approximate surface area is 197 Å². The van der Waals surface area contributed by atoms with Gasteiger partial charge < -0.3 is 14.8 Å². The van der Waals surface area contributed by atoms with Crippen molar-refractivity contribution in [3.63, 3.8) is 0 Å². The van der Waals surface area contributed by atoms with Gasteiger partial charge in [0.1, 0.15) is 6.61 Å². The number of hydrogen-bond acceptors (Lipinski definition) is 3. The third-order valence-corrected chi connectivity index (χ3v) is 8.12. The van der Waals surface area contributed by atoms with E-state index >= 15 is 0 Å². The smallest absolute Gasteiger partial charge is 0.161 e. The Balaban J connectivity index is 1.28. The summed E-state index contributed by atoms with van der Waals surface area (Å²) in [5.41, 5.74) is 3.66. The van der Waals surface area contributed by atoms with E-state index in [1.807, 2.05) is 31.2 Å². The number of nitrogens with one attached hydrogen (secondary N) is 1. The molecule has 0 radical (unpaired) electrons. The highest BCUT2D eigenvalue weighted by Crippen LogP contribution is 2.66. The van der Waals surface area contributed by atoms with E-state index in [0.29, 0.717) is 29.6 Å². The molecule has 3 nitrogen and oxygen atoms in total. The maximum atomic E-state index is 6.11. The lowest BCUT2D eigenvalue weighted by Crippen LogP contribution is -2.63. The van der Waals surface area contributed by atoms with Crippen molar-refractivity contribution in [2.45, 2.75) is 78.0 Å². The SMILES string of the molecule is CCOc1cc(CNC23CC4C[C@@](C)(C2)C[C@](C)(C4)C3)ccc1OCc1cccc(Cl)c1. The molecular weight excluding hydrogens is 418 g/mol. The van der Waals surface area contributed by atoms with Crippen LogP contribution in [-0.4, -0.2) is 12.1 Å². The Morgan fingerprint density at radius 3 is 2.38 bits per heavy atom. The van der Waals surface area contributed by atoms with Gasteiger partial charge in [0.25, 0.3) is 0 Å².